The fourth-order valence-electron chi connectivity index (χ4n) is 4.02. The molecule has 1 heterocycles. The second-order valence-electron chi connectivity index (χ2n) is 7.14. The molecule has 1 aliphatic heterocycles. The lowest BCUT2D eigenvalue weighted by Gasteiger charge is -2.39. The molecule has 0 saturated heterocycles. The zero-order chi connectivity index (χ0) is 24.1. The number of ether oxygens (including phenoxy) is 1. The van der Waals surface area contributed by atoms with Crippen LogP contribution in [0.2, 0.25) is 0 Å². The van der Waals surface area contributed by atoms with Crippen molar-refractivity contribution in [2.24, 2.45) is 0 Å². The number of aromatic hydroxyl groups is 2. The SMILES string of the molecule is COS(=O)(=O)C1(c2ccc(C(=O)O)cc2C(=O)O)c2ccc(O)cc2Oc2cc(O)ccc21. The van der Waals surface area contributed by atoms with Crippen LogP contribution in [0.4, 0.5) is 0 Å². The van der Waals surface area contributed by atoms with Crippen LogP contribution >= 0.6 is 0 Å². The van der Waals surface area contributed by atoms with E-state index < -0.39 is 32.4 Å². The van der Waals surface area contributed by atoms with Gasteiger partial charge in [-0.05, 0) is 42.0 Å². The largest absolute Gasteiger partial charge is 0.508 e. The summed E-state index contributed by atoms with van der Waals surface area (Å²) in [6.07, 6.45) is 0. The summed E-state index contributed by atoms with van der Waals surface area (Å²) in [6, 6.07) is 10.2. The maximum Gasteiger partial charge on any atom is 0.336 e. The van der Waals surface area contributed by atoms with Crippen LogP contribution in [0.5, 0.6) is 23.0 Å². The number of carbonyl (C=O) groups is 2. The Kier molecular flexibility index (Phi) is 5.03. The first-order chi connectivity index (χ1) is 15.5. The van der Waals surface area contributed by atoms with E-state index in [0.717, 1.165) is 37.4 Å². The number of phenolic OH excluding ortho intramolecular Hbond substituents is 2. The minimum absolute atomic E-state index is 0.0779. The molecule has 0 saturated carbocycles. The molecule has 33 heavy (non-hydrogen) atoms. The van der Waals surface area contributed by atoms with E-state index >= 15 is 0 Å². The molecule has 170 valence electrons. The first-order valence-corrected chi connectivity index (χ1v) is 10.7. The van der Waals surface area contributed by atoms with Gasteiger partial charge in [0.1, 0.15) is 23.0 Å². The van der Waals surface area contributed by atoms with Crippen LogP contribution in [0, 0.1) is 0 Å². The minimum Gasteiger partial charge on any atom is -0.508 e. The molecule has 4 N–H and O–H groups in total. The molecule has 0 amide bonds. The predicted molar refractivity (Wildman–Crippen MR) is 112 cm³/mol. The number of hydrogen-bond acceptors (Lipinski definition) is 8. The van der Waals surface area contributed by atoms with Crippen molar-refractivity contribution in [3.05, 3.63) is 82.4 Å². The Bertz CT molecular complexity index is 1370. The molecule has 3 aromatic rings. The van der Waals surface area contributed by atoms with Gasteiger partial charge in [0.05, 0.1) is 18.2 Å². The van der Waals surface area contributed by atoms with Gasteiger partial charge in [-0.1, -0.05) is 6.07 Å². The van der Waals surface area contributed by atoms with Gasteiger partial charge in [0.2, 0.25) is 0 Å². The summed E-state index contributed by atoms with van der Waals surface area (Å²) >= 11 is 0. The van der Waals surface area contributed by atoms with E-state index in [2.05, 4.69) is 0 Å². The number of aromatic carboxylic acids is 2. The fourth-order valence-corrected chi connectivity index (χ4v) is 5.59. The van der Waals surface area contributed by atoms with Crippen LogP contribution in [0.3, 0.4) is 0 Å². The zero-order valence-electron chi connectivity index (χ0n) is 16.8. The number of carboxylic acids is 2. The summed E-state index contributed by atoms with van der Waals surface area (Å²) < 4.78 is 35.6. The van der Waals surface area contributed by atoms with E-state index in [4.69, 9.17) is 8.92 Å². The van der Waals surface area contributed by atoms with E-state index in [0.29, 0.717) is 0 Å². The molecule has 0 spiro atoms. The van der Waals surface area contributed by atoms with E-state index in [9.17, 15) is 38.4 Å². The highest BCUT2D eigenvalue weighted by atomic mass is 32.2. The Balaban J connectivity index is 2.26. The van der Waals surface area contributed by atoms with Crippen molar-refractivity contribution in [3.8, 4) is 23.0 Å². The van der Waals surface area contributed by atoms with Crippen molar-refractivity contribution in [1.82, 2.24) is 0 Å². The molecule has 0 radical (unpaired) electrons. The minimum atomic E-state index is -4.73. The number of fused-ring (bicyclic) bond motifs is 2. The molecule has 0 aliphatic carbocycles. The number of carboxylic acid groups (broad SMARTS) is 2. The van der Waals surface area contributed by atoms with Crippen LogP contribution in [-0.2, 0) is 19.0 Å². The lowest BCUT2D eigenvalue weighted by Crippen LogP contribution is -2.42. The third kappa shape index (κ3) is 3.17. The average molecular weight is 472 g/mol. The zero-order valence-corrected chi connectivity index (χ0v) is 17.7. The first-order valence-electron chi connectivity index (χ1n) is 9.29. The highest BCUT2D eigenvalue weighted by molar-refractivity contribution is 7.88. The van der Waals surface area contributed by atoms with Crippen LogP contribution in [0.25, 0.3) is 0 Å². The summed E-state index contributed by atoms with van der Waals surface area (Å²) in [5, 5.41) is 39.2. The van der Waals surface area contributed by atoms with E-state index in [1.54, 1.807) is 0 Å². The Labute approximate surface area is 187 Å². The van der Waals surface area contributed by atoms with E-state index in [1.807, 2.05) is 0 Å². The topological polar surface area (TPSA) is 168 Å². The van der Waals surface area contributed by atoms with Crippen molar-refractivity contribution in [2.45, 2.75) is 4.75 Å². The van der Waals surface area contributed by atoms with Gasteiger partial charge in [-0.25, -0.2) is 9.59 Å². The van der Waals surface area contributed by atoms with Crippen LogP contribution in [-0.4, -0.2) is 47.9 Å². The second-order valence-corrected chi connectivity index (χ2v) is 8.99. The van der Waals surface area contributed by atoms with Gasteiger partial charge in [0.15, 0.2) is 4.75 Å². The predicted octanol–water partition coefficient (Wildman–Crippen LogP) is 2.87. The van der Waals surface area contributed by atoms with Gasteiger partial charge >= 0.3 is 11.9 Å². The standard InChI is InChI=1S/C22H16O10S/c1-31-33(29,30)22(15-5-2-11(20(25)26)8-14(15)21(27)28)16-6-3-12(23)9-18(16)32-19-10-13(24)4-7-17(19)22/h2-10,23-24H,1H3,(H,25,26)(H,27,28). The van der Waals surface area contributed by atoms with E-state index in [-0.39, 0.29) is 45.3 Å². The van der Waals surface area contributed by atoms with Gasteiger partial charge < -0.3 is 25.2 Å². The van der Waals surface area contributed by atoms with Gasteiger partial charge in [-0.2, -0.15) is 8.42 Å². The molecule has 0 aromatic heterocycles. The maximum absolute atomic E-state index is 13.7. The highest BCUT2D eigenvalue weighted by Gasteiger charge is 2.56. The normalized spacial score (nSPS) is 14.0. The number of benzene rings is 3. The van der Waals surface area contributed by atoms with Gasteiger partial charge in [-0.15, -0.1) is 0 Å². The first kappa shape index (κ1) is 22.1. The highest BCUT2D eigenvalue weighted by Crippen LogP contribution is 2.56. The van der Waals surface area contributed by atoms with Crippen molar-refractivity contribution < 1.29 is 47.4 Å². The molecular weight excluding hydrogens is 456 g/mol. The van der Waals surface area contributed by atoms with Crippen LogP contribution in [0.1, 0.15) is 37.4 Å². The molecule has 3 aromatic carbocycles. The Morgan fingerprint density at radius 2 is 1.33 bits per heavy atom. The average Bonchev–Trinajstić information content (AvgIpc) is 2.76. The lowest BCUT2D eigenvalue weighted by atomic mass is 9.79. The van der Waals surface area contributed by atoms with Crippen LogP contribution in [0.15, 0.2) is 54.6 Å². The Morgan fingerprint density at radius 3 is 1.79 bits per heavy atom. The Morgan fingerprint density at radius 1 is 0.818 bits per heavy atom. The molecule has 11 heteroatoms. The van der Waals surface area contributed by atoms with E-state index in [1.165, 1.54) is 24.3 Å². The summed E-state index contributed by atoms with van der Waals surface area (Å²) in [4.78, 5) is 23.6. The Hall–Kier alpha value is -4.09. The van der Waals surface area contributed by atoms with Crippen LogP contribution < -0.4 is 4.74 Å². The number of phenols is 2. The summed E-state index contributed by atoms with van der Waals surface area (Å²) in [5.74, 6) is -3.78. The van der Waals surface area contributed by atoms with Crippen molar-refractivity contribution in [1.29, 1.82) is 0 Å². The van der Waals surface area contributed by atoms with Gasteiger partial charge in [0, 0.05) is 23.3 Å². The molecule has 0 unspecified atom stereocenters. The third-order valence-corrected chi connectivity index (χ3v) is 7.23. The second kappa shape index (κ2) is 7.50. The van der Waals surface area contributed by atoms with Gasteiger partial charge in [-0.3, -0.25) is 4.18 Å². The number of rotatable bonds is 5. The van der Waals surface area contributed by atoms with Gasteiger partial charge in [0.25, 0.3) is 10.1 Å². The molecule has 0 fully saturated rings. The molecule has 4 rings (SSSR count). The third-order valence-electron chi connectivity index (χ3n) is 5.38. The number of hydrogen-bond donors (Lipinski definition) is 4. The molecule has 1 aliphatic rings. The fraction of sp³-hybridized carbons (Fsp3) is 0.0909. The van der Waals surface area contributed by atoms with Crippen molar-refractivity contribution >= 4 is 22.1 Å². The maximum atomic E-state index is 13.7. The quantitative estimate of drug-likeness (QED) is 0.405. The molecule has 0 bridgehead atoms. The summed E-state index contributed by atoms with van der Waals surface area (Å²) in [5.41, 5.74) is -1.44. The summed E-state index contributed by atoms with van der Waals surface area (Å²) in [6.45, 7) is 0. The van der Waals surface area contributed by atoms with Crippen molar-refractivity contribution in [3.63, 3.8) is 0 Å². The molecule has 0 atom stereocenters. The smallest absolute Gasteiger partial charge is 0.336 e. The molecule has 10 nitrogen and oxygen atoms in total. The lowest BCUT2D eigenvalue weighted by molar-refractivity contribution is 0.0695. The summed E-state index contributed by atoms with van der Waals surface area (Å²) in [7, 11) is -3.83. The van der Waals surface area contributed by atoms with Crippen molar-refractivity contribution in [2.75, 3.05) is 7.11 Å². The monoisotopic (exact) mass is 472 g/mol. The molecular formula is C22H16O10S.